The maximum atomic E-state index is 9.71. The van der Waals surface area contributed by atoms with Crippen LogP contribution in [-0.4, -0.2) is 35.5 Å². The van der Waals surface area contributed by atoms with Crippen molar-refractivity contribution < 1.29 is 9.84 Å². The van der Waals surface area contributed by atoms with Crippen LogP contribution in [0.1, 0.15) is 54.2 Å². The summed E-state index contributed by atoms with van der Waals surface area (Å²) in [4.78, 5) is 4.78. The minimum atomic E-state index is -0.107. The van der Waals surface area contributed by atoms with Gasteiger partial charge < -0.3 is 15.2 Å². The molecule has 2 saturated heterocycles. The second-order valence-corrected chi connectivity index (χ2v) is 8.56. The van der Waals surface area contributed by atoms with E-state index in [0.29, 0.717) is 6.61 Å². The zero-order valence-electron chi connectivity index (χ0n) is 16.4. The van der Waals surface area contributed by atoms with Crippen molar-refractivity contribution >= 4 is 0 Å². The molecule has 2 bridgehead atoms. The van der Waals surface area contributed by atoms with Crippen LogP contribution in [0.4, 0.5) is 0 Å². The third-order valence-electron chi connectivity index (χ3n) is 6.49. The summed E-state index contributed by atoms with van der Waals surface area (Å²) >= 11 is 0. The molecule has 1 aromatic heterocycles. The molecule has 1 aromatic carbocycles. The number of rotatable bonds is 6. The molecule has 0 spiro atoms. The number of pyridine rings is 1. The molecule has 1 atom stereocenters. The van der Waals surface area contributed by atoms with Crippen LogP contribution in [0.5, 0.6) is 0 Å². The Balaban J connectivity index is 1.54. The van der Waals surface area contributed by atoms with Crippen LogP contribution in [0.25, 0.3) is 0 Å². The molecule has 4 nitrogen and oxygen atoms in total. The van der Waals surface area contributed by atoms with Gasteiger partial charge in [-0.15, -0.1) is 0 Å². The Bertz CT molecular complexity index is 763. The van der Waals surface area contributed by atoms with E-state index in [1.54, 1.807) is 0 Å². The number of hydrogen-bond acceptors (Lipinski definition) is 4. The normalized spacial score (nSPS) is 28.3. The molecule has 1 unspecified atom stereocenters. The first-order valence-electron chi connectivity index (χ1n) is 10.0. The molecule has 1 aliphatic carbocycles. The summed E-state index contributed by atoms with van der Waals surface area (Å²) in [6.45, 7) is 5.89. The van der Waals surface area contributed by atoms with Crippen molar-refractivity contribution in [1.29, 1.82) is 0 Å². The van der Waals surface area contributed by atoms with Crippen LogP contribution < -0.4 is 5.32 Å². The van der Waals surface area contributed by atoms with Gasteiger partial charge in [-0.05, 0) is 57.2 Å². The number of benzene rings is 1. The summed E-state index contributed by atoms with van der Waals surface area (Å²) in [5, 5.41) is 13.5. The molecule has 3 fully saturated rings. The fraction of sp³-hybridized carbons (Fsp3) is 0.522. The van der Waals surface area contributed by atoms with Crippen molar-refractivity contribution in [1.82, 2.24) is 10.3 Å². The van der Waals surface area contributed by atoms with Crippen molar-refractivity contribution in [3.63, 3.8) is 0 Å². The topological polar surface area (TPSA) is 54.4 Å². The summed E-state index contributed by atoms with van der Waals surface area (Å²) in [7, 11) is 0. The van der Waals surface area contributed by atoms with Gasteiger partial charge in [-0.1, -0.05) is 35.9 Å². The van der Waals surface area contributed by atoms with E-state index in [0.717, 1.165) is 43.6 Å². The Morgan fingerprint density at radius 1 is 1.07 bits per heavy atom. The van der Waals surface area contributed by atoms with Gasteiger partial charge in [-0.25, -0.2) is 0 Å². The lowest BCUT2D eigenvalue weighted by Gasteiger charge is -2.52. The van der Waals surface area contributed by atoms with Gasteiger partial charge in [0.15, 0.2) is 0 Å². The van der Waals surface area contributed by atoms with Crippen molar-refractivity contribution in [2.75, 3.05) is 19.8 Å². The van der Waals surface area contributed by atoms with Crippen LogP contribution in [0, 0.1) is 19.3 Å². The highest BCUT2D eigenvalue weighted by molar-refractivity contribution is 5.31. The fourth-order valence-corrected chi connectivity index (χ4v) is 4.43. The summed E-state index contributed by atoms with van der Waals surface area (Å²) in [6, 6.07) is 15.0. The fourth-order valence-electron chi connectivity index (χ4n) is 4.43. The molecule has 144 valence electrons. The number of aryl methyl sites for hydroxylation is 2. The first-order valence-corrected chi connectivity index (χ1v) is 10.0. The van der Waals surface area contributed by atoms with E-state index in [9.17, 15) is 5.11 Å². The summed E-state index contributed by atoms with van der Waals surface area (Å²) in [6.07, 6.45) is 4.15. The van der Waals surface area contributed by atoms with E-state index in [2.05, 4.69) is 48.6 Å². The molecule has 2 N–H and O–H groups in total. The Kier molecular flexibility index (Phi) is 5.06. The van der Waals surface area contributed by atoms with E-state index in [-0.39, 0.29) is 23.7 Å². The molecule has 27 heavy (non-hydrogen) atoms. The van der Waals surface area contributed by atoms with E-state index in [4.69, 9.17) is 9.72 Å². The molecule has 1 saturated carbocycles. The zero-order chi connectivity index (χ0) is 18.9. The Hall–Kier alpha value is -1.75. The third kappa shape index (κ3) is 3.79. The summed E-state index contributed by atoms with van der Waals surface area (Å²) < 4.78 is 6.28. The lowest BCUT2D eigenvalue weighted by atomic mass is 9.66. The van der Waals surface area contributed by atoms with Crippen molar-refractivity contribution in [2.45, 2.75) is 51.2 Å². The van der Waals surface area contributed by atoms with E-state index < -0.39 is 0 Å². The highest BCUT2D eigenvalue weighted by atomic mass is 16.5. The predicted octanol–water partition coefficient (Wildman–Crippen LogP) is 3.70. The summed E-state index contributed by atoms with van der Waals surface area (Å²) in [5.41, 5.74) is 4.47. The molecular formula is C23H30N2O2. The average molecular weight is 367 g/mol. The van der Waals surface area contributed by atoms with Crippen molar-refractivity contribution in [2.24, 2.45) is 5.41 Å². The minimum absolute atomic E-state index is 0.0101. The van der Waals surface area contributed by atoms with Gasteiger partial charge in [-0.2, -0.15) is 0 Å². The van der Waals surface area contributed by atoms with E-state index in [1.807, 2.05) is 13.0 Å². The number of hydrogen-bond donors (Lipinski definition) is 2. The van der Waals surface area contributed by atoms with Gasteiger partial charge in [0.25, 0.3) is 0 Å². The number of aromatic nitrogens is 1. The standard InChI is InChI=1S/C23H30N2O2/c1-17-6-8-19(9-7-17)21(20-5-3-4-18(2)25-20)24-14-23-12-10-22(15-26,11-13-23)16-27-23/h3-9,21,24,26H,10-16H2,1-2H3. The number of aliphatic hydroxyl groups is 1. The quantitative estimate of drug-likeness (QED) is 0.818. The van der Waals surface area contributed by atoms with Gasteiger partial charge in [0.05, 0.1) is 30.6 Å². The van der Waals surface area contributed by atoms with Gasteiger partial charge >= 0.3 is 0 Å². The first-order chi connectivity index (χ1) is 13.0. The van der Waals surface area contributed by atoms with Crippen LogP contribution >= 0.6 is 0 Å². The maximum absolute atomic E-state index is 9.71. The van der Waals surface area contributed by atoms with Crippen LogP contribution in [0.2, 0.25) is 0 Å². The molecule has 4 heteroatoms. The van der Waals surface area contributed by atoms with E-state index >= 15 is 0 Å². The smallest absolute Gasteiger partial charge is 0.0807 e. The summed E-state index contributed by atoms with van der Waals surface area (Å²) in [5.74, 6) is 0. The monoisotopic (exact) mass is 366 g/mol. The zero-order valence-corrected chi connectivity index (χ0v) is 16.4. The molecule has 3 aliphatic rings. The average Bonchev–Trinajstić information content (AvgIpc) is 2.71. The number of nitrogens with zero attached hydrogens (tertiary/aromatic N) is 1. The highest BCUT2D eigenvalue weighted by Gasteiger charge is 2.49. The van der Waals surface area contributed by atoms with Gasteiger partial charge in [0, 0.05) is 17.7 Å². The van der Waals surface area contributed by atoms with Gasteiger partial charge in [0.1, 0.15) is 0 Å². The molecule has 0 amide bonds. The lowest BCUT2D eigenvalue weighted by Crippen LogP contribution is -2.57. The maximum Gasteiger partial charge on any atom is 0.0807 e. The Morgan fingerprint density at radius 3 is 2.41 bits per heavy atom. The first kappa shape index (κ1) is 18.6. The SMILES string of the molecule is Cc1ccc(C(NCC23CCC(CO)(CC2)CO3)c2cccc(C)n2)cc1. The Morgan fingerprint density at radius 2 is 1.81 bits per heavy atom. The lowest BCUT2D eigenvalue weighted by molar-refractivity contribution is -0.191. The highest BCUT2D eigenvalue weighted by Crippen LogP contribution is 2.48. The predicted molar refractivity (Wildman–Crippen MR) is 107 cm³/mol. The minimum Gasteiger partial charge on any atom is -0.396 e. The molecule has 0 radical (unpaired) electrons. The molecule has 3 heterocycles. The van der Waals surface area contributed by atoms with Crippen LogP contribution in [0.15, 0.2) is 42.5 Å². The molecule has 2 aromatic rings. The van der Waals surface area contributed by atoms with Crippen LogP contribution in [-0.2, 0) is 4.74 Å². The third-order valence-corrected chi connectivity index (χ3v) is 6.49. The van der Waals surface area contributed by atoms with Crippen molar-refractivity contribution in [3.05, 3.63) is 65.0 Å². The molecule has 5 rings (SSSR count). The second kappa shape index (κ2) is 7.34. The molecule has 2 aliphatic heterocycles. The number of fused-ring (bicyclic) bond motifs is 3. The Labute approximate surface area is 162 Å². The molecular weight excluding hydrogens is 336 g/mol. The van der Waals surface area contributed by atoms with Crippen molar-refractivity contribution in [3.8, 4) is 0 Å². The van der Waals surface area contributed by atoms with Crippen LogP contribution in [0.3, 0.4) is 0 Å². The van der Waals surface area contributed by atoms with E-state index in [1.165, 1.54) is 11.1 Å². The largest absolute Gasteiger partial charge is 0.396 e. The second-order valence-electron chi connectivity index (χ2n) is 8.56. The number of nitrogens with one attached hydrogen (secondary N) is 1. The van der Waals surface area contributed by atoms with Gasteiger partial charge in [0.2, 0.25) is 0 Å². The number of ether oxygens (including phenoxy) is 1. The number of aliphatic hydroxyl groups excluding tert-OH is 1. The van der Waals surface area contributed by atoms with Gasteiger partial charge in [-0.3, -0.25) is 4.98 Å².